The van der Waals surface area contributed by atoms with Gasteiger partial charge < -0.3 is 9.84 Å². The molecule has 0 bridgehead atoms. The normalized spacial score (nSPS) is 10.5. The Hall–Kier alpha value is -1.53. The fourth-order valence-electron chi connectivity index (χ4n) is 1.51. The van der Waals surface area contributed by atoms with E-state index in [2.05, 4.69) is 28.1 Å². The van der Waals surface area contributed by atoms with Crippen LogP contribution >= 0.6 is 24.2 Å². The Balaban J connectivity index is 1.92. The molecule has 0 atom stereocenters. The molecule has 0 aliphatic carbocycles. The number of hydrogen-bond donors (Lipinski definition) is 2. The lowest BCUT2D eigenvalue weighted by molar-refractivity contribution is 0.0953. The second-order valence-electron chi connectivity index (χ2n) is 3.91. The Labute approximate surface area is 120 Å². The topological polar surface area (TPSA) is 68.0 Å². The molecule has 1 heterocycles. The number of thiol groups is 1. The molecule has 5 nitrogen and oxygen atoms in total. The Bertz CT molecular complexity index is 600. The van der Waals surface area contributed by atoms with Crippen LogP contribution in [0.2, 0.25) is 5.02 Å². The smallest absolute Gasteiger partial charge is 0.252 e. The number of benzene rings is 1. The first-order chi connectivity index (χ1) is 9.06. The Morgan fingerprint density at radius 3 is 3.00 bits per heavy atom. The third kappa shape index (κ3) is 3.71. The van der Waals surface area contributed by atoms with Crippen molar-refractivity contribution in [3.8, 4) is 0 Å². The second-order valence-corrected chi connectivity index (χ2v) is 4.83. The molecule has 0 unspecified atom stereocenters. The van der Waals surface area contributed by atoms with Crippen molar-refractivity contribution in [1.29, 1.82) is 0 Å². The monoisotopic (exact) mass is 297 g/mol. The van der Waals surface area contributed by atoms with Crippen molar-refractivity contribution in [2.75, 3.05) is 6.54 Å². The predicted molar refractivity (Wildman–Crippen MR) is 73.8 cm³/mol. The number of carbonyl (C=O) groups is 1. The highest BCUT2D eigenvalue weighted by Crippen LogP contribution is 2.19. The summed E-state index contributed by atoms with van der Waals surface area (Å²) in [7, 11) is 0. The average molecular weight is 298 g/mol. The zero-order chi connectivity index (χ0) is 13.8. The maximum atomic E-state index is 11.9. The van der Waals surface area contributed by atoms with Gasteiger partial charge in [0.2, 0.25) is 5.89 Å². The van der Waals surface area contributed by atoms with Gasteiger partial charge in [-0.1, -0.05) is 16.8 Å². The summed E-state index contributed by atoms with van der Waals surface area (Å²) < 4.78 is 4.94. The van der Waals surface area contributed by atoms with E-state index in [1.807, 2.05) is 0 Å². The zero-order valence-electron chi connectivity index (χ0n) is 10.2. The predicted octanol–water partition coefficient (Wildman–Crippen LogP) is 2.29. The van der Waals surface area contributed by atoms with Crippen LogP contribution in [0.1, 0.15) is 22.1 Å². The number of nitrogens with zero attached hydrogens (tertiary/aromatic N) is 2. The van der Waals surface area contributed by atoms with E-state index in [0.717, 1.165) is 0 Å². The third-order valence-electron chi connectivity index (χ3n) is 2.39. The molecule has 7 heteroatoms. The molecule has 1 amide bonds. The molecule has 19 heavy (non-hydrogen) atoms. The Morgan fingerprint density at radius 1 is 1.53 bits per heavy atom. The number of hydrogen-bond acceptors (Lipinski definition) is 5. The summed E-state index contributed by atoms with van der Waals surface area (Å²) in [5.41, 5.74) is 0.399. The van der Waals surface area contributed by atoms with Crippen LogP contribution < -0.4 is 5.32 Å². The van der Waals surface area contributed by atoms with E-state index in [4.69, 9.17) is 16.1 Å². The number of rotatable bonds is 4. The van der Waals surface area contributed by atoms with Crippen LogP contribution in [0.25, 0.3) is 0 Å². The zero-order valence-corrected chi connectivity index (χ0v) is 11.8. The van der Waals surface area contributed by atoms with Crippen molar-refractivity contribution in [2.24, 2.45) is 0 Å². The van der Waals surface area contributed by atoms with Gasteiger partial charge in [0.05, 0.1) is 10.6 Å². The molecule has 0 fully saturated rings. The van der Waals surface area contributed by atoms with E-state index in [1.165, 1.54) is 0 Å². The molecule has 2 aromatic rings. The van der Waals surface area contributed by atoms with E-state index >= 15 is 0 Å². The standard InChI is InChI=1S/C12H12ClN3O2S/c1-7-15-11(18-16-7)4-5-14-12(17)9-6-8(19)2-3-10(9)13/h2-3,6,19H,4-5H2,1H3,(H,14,17). The summed E-state index contributed by atoms with van der Waals surface area (Å²) in [6.45, 7) is 2.14. The summed E-state index contributed by atoms with van der Waals surface area (Å²) in [6.07, 6.45) is 0.477. The summed E-state index contributed by atoms with van der Waals surface area (Å²) in [5, 5.41) is 6.80. The SMILES string of the molecule is Cc1noc(CCNC(=O)c2cc(S)ccc2Cl)n1. The first-order valence-electron chi connectivity index (χ1n) is 5.62. The van der Waals surface area contributed by atoms with Crippen molar-refractivity contribution >= 4 is 30.1 Å². The van der Waals surface area contributed by atoms with Crippen molar-refractivity contribution in [2.45, 2.75) is 18.2 Å². The van der Waals surface area contributed by atoms with Crippen LogP contribution in [0.15, 0.2) is 27.6 Å². The minimum absolute atomic E-state index is 0.253. The maximum Gasteiger partial charge on any atom is 0.252 e. The minimum atomic E-state index is -0.253. The number of amides is 1. The maximum absolute atomic E-state index is 11.9. The van der Waals surface area contributed by atoms with E-state index in [-0.39, 0.29) is 5.91 Å². The Kier molecular flexibility index (Phi) is 4.44. The molecule has 0 saturated heterocycles. The van der Waals surface area contributed by atoms with Gasteiger partial charge in [-0.25, -0.2) is 0 Å². The summed E-state index contributed by atoms with van der Waals surface area (Å²) in [4.78, 5) is 16.6. The first-order valence-corrected chi connectivity index (χ1v) is 6.44. The van der Waals surface area contributed by atoms with E-state index in [1.54, 1.807) is 25.1 Å². The van der Waals surface area contributed by atoms with Crippen LogP contribution in [-0.4, -0.2) is 22.6 Å². The summed E-state index contributed by atoms with van der Waals surface area (Å²) in [5.74, 6) is 0.816. The van der Waals surface area contributed by atoms with Gasteiger partial charge in [0.15, 0.2) is 5.82 Å². The number of aryl methyl sites for hydroxylation is 1. The lowest BCUT2D eigenvalue weighted by Crippen LogP contribution is -2.26. The highest BCUT2D eigenvalue weighted by molar-refractivity contribution is 7.80. The fraction of sp³-hybridized carbons (Fsp3) is 0.250. The van der Waals surface area contributed by atoms with Crippen LogP contribution in [0, 0.1) is 6.92 Å². The third-order valence-corrected chi connectivity index (χ3v) is 3.00. The molecule has 0 aliphatic heterocycles. The molecule has 1 N–H and O–H groups in total. The highest BCUT2D eigenvalue weighted by Gasteiger charge is 2.11. The van der Waals surface area contributed by atoms with Crippen molar-refractivity contribution in [1.82, 2.24) is 15.5 Å². The van der Waals surface area contributed by atoms with Gasteiger partial charge in [0.1, 0.15) is 0 Å². The molecule has 0 aliphatic rings. The van der Waals surface area contributed by atoms with Gasteiger partial charge in [-0.3, -0.25) is 4.79 Å². The molecular formula is C12H12ClN3O2S. The van der Waals surface area contributed by atoms with Gasteiger partial charge in [0.25, 0.3) is 5.91 Å². The van der Waals surface area contributed by atoms with Crippen LogP contribution in [0.4, 0.5) is 0 Å². The number of aromatic nitrogens is 2. The molecule has 1 aromatic heterocycles. The summed E-state index contributed by atoms with van der Waals surface area (Å²) >= 11 is 10.1. The van der Waals surface area contributed by atoms with Gasteiger partial charge in [-0.05, 0) is 25.1 Å². The highest BCUT2D eigenvalue weighted by atomic mass is 35.5. The van der Waals surface area contributed by atoms with Crippen LogP contribution in [0.5, 0.6) is 0 Å². The minimum Gasteiger partial charge on any atom is -0.351 e. The quantitative estimate of drug-likeness (QED) is 0.850. The Morgan fingerprint density at radius 2 is 2.32 bits per heavy atom. The number of nitrogens with one attached hydrogen (secondary N) is 1. The van der Waals surface area contributed by atoms with Gasteiger partial charge in [-0.2, -0.15) is 4.98 Å². The number of carbonyl (C=O) groups excluding carboxylic acids is 1. The fourth-order valence-corrected chi connectivity index (χ4v) is 1.91. The van der Waals surface area contributed by atoms with Crippen molar-refractivity contribution in [3.05, 3.63) is 40.5 Å². The second kappa shape index (κ2) is 6.08. The van der Waals surface area contributed by atoms with E-state index < -0.39 is 0 Å². The molecule has 0 spiro atoms. The lowest BCUT2D eigenvalue weighted by atomic mass is 10.2. The lowest BCUT2D eigenvalue weighted by Gasteiger charge is -2.06. The molecule has 0 saturated carbocycles. The first kappa shape index (κ1) is 13.9. The largest absolute Gasteiger partial charge is 0.351 e. The van der Waals surface area contributed by atoms with Crippen LogP contribution in [0.3, 0.4) is 0 Å². The molecular weight excluding hydrogens is 286 g/mol. The van der Waals surface area contributed by atoms with Crippen LogP contribution in [-0.2, 0) is 6.42 Å². The summed E-state index contributed by atoms with van der Waals surface area (Å²) in [6, 6.07) is 4.99. The molecule has 0 radical (unpaired) electrons. The van der Waals surface area contributed by atoms with Gasteiger partial charge in [-0.15, -0.1) is 12.6 Å². The molecule has 2 rings (SSSR count). The van der Waals surface area contributed by atoms with Crippen molar-refractivity contribution in [3.63, 3.8) is 0 Å². The van der Waals surface area contributed by atoms with Gasteiger partial charge in [0, 0.05) is 17.9 Å². The van der Waals surface area contributed by atoms with Crippen molar-refractivity contribution < 1.29 is 9.32 Å². The van der Waals surface area contributed by atoms with Gasteiger partial charge >= 0.3 is 0 Å². The van der Waals surface area contributed by atoms with E-state index in [9.17, 15) is 4.79 Å². The number of halogens is 1. The molecule has 100 valence electrons. The van der Waals surface area contributed by atoms with E-state index in [0.29, 0.717) is 40.2 Å². The molecule has 1 aromatic carbocycles. The average Bonchev–Trinajstić information content (AvgIpc) is 2.78.